The molecule has 0 saturated carbocycles. The molecule has 11 heteroatoms. The van der Waals surface area contributed by atoms with Gasteiger partial charge in [-0.3, -0.25) is 9.59 Å². The molecule has 1 atom stereocenters. The summed E-state index contributed by atoms with van der Waals surface area (Å²) in [6, 6.07) is 9.73. The molecule has 0 spiro atoms. The van der Waals surface area contributed by atoms with E-state index in [-0.39, 0.29) is 22.6 Å². The number of methoxy groups -OCH3 is 1. The van der Waals surface area contributed by atoms with Crippen molar-refractivity contribution >= 4 is 52.5 Å². The first kappa shape index (κ1) is 26.6. The van der Waals surface area contributed by atoms with Gasteiger partial charge in [-0.2, -0.15) is 0 Å². The van der Waals surface area contributed by atoms with Crippen LogP contribution in [0.15, 0.2) is 54.2 Å². The Hall–Kier alpha value is -3.01. The molecular formula is C24H25Cl2N5O3S. The largest absolute Gasteiger partial charge is 0.495 e. The molecule has 3 aromatic rings. The van der Waals surface area contributed by atoms with Gasteiger partial charge in [-0.25, -0.2) is 0 Å². The van der Waals surface area contributed by atoms with Crippen LogP contribution in [-0.4, -0.2) is 39.4 Å². The van der Waals surface area contributed by atoms with Gasteiger partial charge in [0.25, 0.3) is 5.91 Å². The minimum atomic E-state index is -0.485. The number of carbonyl (C=O) groups is 2. The minimum Gasteiger partial charge on any atom is -0.495 e. The Morgan fingerprint density at radius 2 is 2.00 bits per heavy atom. The minimum absolute atomic E-state index is 0.105. The molecule has 0 bridgehead atoms. The smallest absolute Gasteiger partial charge is 0.253 e. The number of rotatable bonds is 10. The van der Waals surface area contributed by atoms with Gasteiger partial charge in [0, 0.05) is 11.6 Å². The maximum atomic E-state index is 12.7. The van der Waals surface area contributed by atoms with Crippen molar-refractivity contribution < 1.29 is 14.3 Å². The van der Waals surface area contributed by atoms with E-state index in [1.165, 1.54) is 17.8 Å². The van der Waals surface area contributed by atoms with Crippen LogP contribution < -0.4 is 15.4 Å². The summed E-state index contributed by atoms with van der Waals surface area (Å²) < 4.78 is 7.11. The van der Waals surface area contributed by atoms with E-state index in [0.29, 0.717) is 39.5 Å². The standard InChI is InChI=1S/C24H25Cl2N5O3S/c1-5-10-31-22(15(3)27-23(33)17-8-7-16(25)12-18(17)26)29-30-24(31)35-13-21(32)28-19-11-14(2)6-9-20(19)34-4/h5-9,11-12,15H,1,10,13H2,2-4H3,(H,27,33)(H,28,32)/t15-/m1/s1. The van der Waals surface area contributed by atoms with Crippen molar-refractivity contribution in [2.24, 2.45) is 0 Å². The van der Waals surface area contributed by atoms with E-state index in [1.54, 1.807) is 42.9 Å². The average Bonchev–Trinajstić information content (AvgIpc) is 3.20. The van der Waals surface area contributed by atoms with Crippen LogP contribution in [-0.2, 0) is 11.3 Å². The predicted molar refractivity (Wildman–Crippen MR) is 140 cm³/mol. The SMILES string of the molecule is C=CCn1c(SCC(=O)Nc2cc(C)ccc2OC)nnc1[C@@H](C)NC(=O)c1ccc(Cl)cc1Cl. The van der Waals surface area contributed by atoms with Gasteiger partial charge in [0.1, 0.15) is 5.75 Å². The van der Waals surface area contributed by atoms with Crippen molar-refractivity contribution in [1.82, 2.24) is 20.1 Å². The highest BCUT2D eigenvalue weighted by molar-refractivity contribution is 7.99. The van der Waals surface area contributed by atoms with Gasteiger partial charge in [-0.05, 0) is 49.7 Å². The summed E-state index contributed by atoms with van der Waals surface area (Å²) in [6.07, 6.45) is 1.69. The quantitative estimate of drug-likeness (QED) is 0.270. The number of aromatic nitrogens is 3. The van der Waals surface area contributed by atoms with Crippen LogP contribution >= 0.6 is 35.0 Å². The van der Waals surface area contributed by atoms with Gasteiger partial charge in [0.2, 0.25) is 5.91 Å². The summed E-state index contributed by atoms with van der Waals surface area (Å²) in [5, 5.41) is 15.4. The number of aryl methyl sites for hydroxylation is 1. The molecule has 2 aromatic carbocycles. The predicted octanol–water partition coefficient (Wildman–Crippen LogP) is 5.31. The fraction of sp³-hybridized carbons (Fsp3) is 0.250. The van der Waals surface area contributed by atoms with Crippen LogP contribution in [0.2, 0.25) is 10.0 Å². The van der Waals surface area contributed by atoms with Gasteiger partial charge in [0.05, 0.1) is 35.2 Å². The first-order chi connectivity index (χ1) is 16.7. The number of nitrogens with zero attached hydrogens (tertiary/aromatic N) is 3. The third kappa shape index (κ3) is 6.78. The van der Waals surface area contributed by atoms with Crippen LogP contribution in [0.25, 0.3) is 0 Å². The molecule has 0 saturated heterocycles. The van der Waals surface area contributed by atoms with Gasteiger partial charge in [-0.15, -0.1) is 16.8 Å². The summed E-state index contributed by atoms with van der Waals surface area (Å²) in [6.45, 7) is 7.91. The third-order valence-electron chi connectivity index (χ3n) is 4.93. The maximum Gasteiger partial charge on any atom is 0.253 e. The molecular weight excluding hydrogens is 509 g/mol. The lowest BCUT2D eigenvalue weighted by Gasteiger charge is -2.16. The van der Waals surface area contributed by atoms with Crippen LogP contribution in [0.1, 0.15) is 34.7 Å². The van der Waals surface area contributed by atoms with Crippen molar-refractivity contribution in [2.45, 2.75) is 31.6 Å². The molecule has 0 aliphatic rings. The first-order valence-corrected chi connectivity index (χ1v) is 12.3. The highest BCUT2D eigenvalue weighted by Crippen LogP contribution is 2.27. The lowest BCUT2D eigenvalue weighted by Crippen LogP contribution is -2.29. The monoisotopic (exact) mass is 533 g/mol. The number of carbonyl (C=O) groups excluding carboxylic acids is 2. The Kier molecular flexibility index (Phi) is 9.20. The Labute approximate surface area is 218 Å². The number of hydrogen-bond donors (Lipinski definition) is 2. The highest BCUT2D eigenvalue weighted by atomic mass is 35.5. The van der Waals surface area contributed by atoms with Crippen molar-refractivity contribution in [1.29, 1.82) is 0 Å². The number of benzene rings is 2. The van der Waals surface area contributed by atoms with Crippen LogP contribution in [0.3, 0.4) is 0 Å². The number of anilines is 1. The molecule has 0 unspecified atom stereocenters. The molecule has 3 rings (SSSR count). The highest BCUT2D eigenvalue weighted by Gasteiger charge is 2.21. The van der Waals surface area contributed by atoms with Gasteiger partial charge in [0.15, 0.2) is 11.0 Å². The zero-order valence-corrected chi connectivity index (χ0v) is 21.8. The maximum absolute atomic E-state index is 12.7. The summed E-state index contributed by atoms with van der Waals surface area (Å²) in [5.41, 5.74) is 1.90. The van der Waals surface area contributed by atoms with E-state index < -0.39 is 6.04 Å². The molecule has 1 heterocycles. The number of hydrogen-bond acceptors (Lipinski definition) is 6. The number of halogens is 2. The number of nitrogens with one attached hydrogen (secondary N) is 2. The fourth-order valence-corrected chi connectivity index (χ4v) is 4.53. The van der Waals surface area contributed by atoms with Crippen molar-refractivity contribution in [2.75, 3.05) is 18.2 Å². The lowest BCUT2D eigenvalue weighted by atomic mass is 10.2. The second kappa shape index (κ2) is 12.1. The van der Waals surface area contributed by atoms with Gasteiger partial charge >= 0.3 is 0 Å². The van der Waals surface area contributed by atoms with E-state index in [1.807, 2.05) is 19.1 Å². The normalized spacial score (nSPS) is 11.6. The molecule has 0 fully saturated rings. The molecule has 8 nitrogen and oxygen atoms in total. The molecule has 0 radical (unpaired) electrons. The number of allylic oxidation sites excluding steroid dienone is 1. The summed E-state index contributed by atoms with van der Waals surface area (Å²) in [7, 11) is 1.55. The average molecular weight is 534 g/mol. The van der Waals surface area contributed by atoms with Crippen LogP contribution in [0.4, 0.5) is 5.69 Å². The Bertz CT molecular complexity index is 1250. The van der Waals surface area contributed by atoms with Gasteiger partial charge in [-0.1, -0.05) is 47.1 Å². The molecule has 35 heavy (non-hydrogen) atoms. The second-order valence-electron chi connectivity index (χ2n) is 7.60. The van der Waals surface area contributed by atoms with Crippen molar-refractivity contribution in [3.8, 4) is 5.75 Å². The summed E-state index contributed by atoms with van der Waals surface area (Å²) in [4.78, 5) is 25.3. The Balaban J connectivity index is 1.70. The van der Waals surface area contributed by atoms with Gasteiger partial charge < -0.3 is 19.9 Å². The molecule has 184 valence electrons. The molecule has 2 N–H and O–H groups in total. The molecule has 2 amide bonds. The first-order valence-electron chi connectivity index (χ1n) is 10.6. The zero-order valence-electron chi connectivity index (χ0n) is 19.5. The van der Waals surface area contributed by atoms with Crippen molar-refractivity contribution in [3.05, 3.63) is 76.0 Å². The van der Waals surface area contributed by atoms with Crippen molar-refractivity contribution in [3.63, 3.8) is 0 Å². The van der Waals surface area contributed by atoms with Crippen LogP contribution in [0.5, 0.6) is 5.75 Å². The summed E-state index contributed by atoms with van der Waals surface area (Å²) in [5.74, 6) is 0.622. The zero-order chi connectivity index (χ0) is 25.5. The number of amides is 2. The topological polar surface area (TPSA) is 98.1 Å². The Morgan fingerprint density at radius 1 is 1.23 bits per heavy atom. The molecule has 1 aromatic heterocycles. The molecule has 0 aliphatic carbocycles. The van der Waals surface area contributed by atoms with E-state index in [0.717, 1.165) is 5.56 Å². The molecule has 0 aliphatic heterocycles. The van der Waals surface area contributed by atoms with E-state index in [4.69, 9.17) is 27.9 Å². The summed E-state index contributed by atoms with van der Waals surface area (Å²) >= 11 is 13.3. The second-order valence-corrected chi connectivity index (χ2v) is 9.39. The Morgan fingerprint density at radius 3 is 2.69 bits per heavy atom. The third-order valence-corrected chi connectivity index (χ3v) is 6.44. The fourth-order valence-electron chi connectivity index (χ4n) is 3.28. The van der Waals surface area contributed by atoms with Crippen LogP contribution in [0, 0.1) is 6.92 Å². The lowest BCUT2D eigenvalue weighted by molar-refractivity contribution is -0.113. The van der Waals surface area contributed by atoms with E-state index in [2.05, 4.69) is 27.4 Å². The number of thioether (sulfide) groups is 1. The van der Waals surface area contributed by atoms with E-state index in [9.17, 15) is 9.59 Å². The van der Waals surface area contributed by atoms with E-state index >= 15 is 0 Å². The number of ether oxygens (including phenoxy) is 1.